The van der Waals surface area contributed by atoms with Crippen LogP contribution in [0, 0.1) is 17.5 Å². The van der Waals surface area contributed by atoms with Gasteiger partial charge in [-0.05, 0) is 38.1 Å². The van der Waals surface area contributed by atoms with E-state index in [1.165, 1.54) is 51.9 Å². The fourth-order valence-electron chi connectivity index (χ4n) is 3.28. The average Bonchev–Trinajstić information content (AvgIpc) is 2.96. The number of amides is 2. The highest BCUT2D eigenvalue weighted by atomic mass is 32.2. The molecular formula is C21H21F3N2O2S. The molecule has 0 unspecified atom stereocenters. The van der Waals surface area contributed by atoms with E-state index in [4.69, 9.17) is 0 Å². The SMILES string of the molecule is CCN(CCN1C(=O)[C@H](C)S[C@H]1c1ccc(F)cc1F)C(=O)c1cccc(F)c1. The van der Waals surface area contributed by atoms with Crippen molar-refractivity contribution in [2.45, 2.75) is 24.5 Å². The topological polar surface area (TPSA) is 40.6 Å². The molecule has 1 fully saturated rings. The molecule has 2 aromatic rings. The smallest absolute Gasteiger partial charge is 0.254 e. The highest BCUT2D eigenvalue weighted by Gasteiger charge is 2.39. The van der Waals surface area contributed by atoms with Crippen LogP contribution in [0.1, 0.15) is 35.1 Å². The Bertz CT molecular complexity index is 925. The predicted octanol–water partition coefficient (Wildman–Crippen LogP) is 4.23. The number of nitrogens with zero attached hydrogens (tertiary/aromatic N) is 2. The van der Waals surface area contributed by atoms with Crippen molar-refractivity contribution in [1.82, 2.24) is 9.80 Å². The lowest BCUT2D eigenvalue weighted by Gasteiger charge is -2.28. The first-order chi connectivity index (χ1) is 13.8. The standard InChI is InChI=1S/C21H21F3N2O2S/c1-3-25(20(28)14-5-4-6-15(22)11-14)9-10-26-19(27)13(2)29-21(26)17-8-7-16(23)12-18(17)24/h4-8,11-13,21H,3,9-10H2,1-2H3/t13-,21-/m0/s1. The van der Waals surface area contributed by atoms with Gasteiger partial charge in [-0.2, -0.15) is 0 Å². The van der Waals surface area contributed by atoms with Crippen molar-refractivity contribution in [1.29, 1.82) is 0 Å². The fraction of sp³-hybridized carbons (Fsp3) is 0.333. The molecule has 1 aliphatic rings. The minimum atomic E-state index is -0.711. The molecule has 0 N–H and O–H groups in total. The molecule has 29 heavy (non-hydrogen) atoms. The summed E-state index contributed by atoms with van der Waals surface area (Å²) in [6, 6.07) is 8.73. The number of halogens is 3. The first-order valence-electron chi connectivity index (χ1n) is 9.27. The second-order valence-electron chi connectivity index (χ2n) is 6.72. The Labute approximate surface area is 171 Å². The molecule has 1 aliphatic heterocycles. The first kappa shape index (κ1) is 21.2. The molecule has 0 spiro atoms. The molecule has 4 nitrogen and oxygen atoms in total. The van der Waals surface area contributed by atoms with E-state index in [0.29, 0.717) is 6.54 Å². The summed E-state index contributed by atoms with van der Waals surface area (Å²) in [5, 5.41) is -0.973. The molecule has 2 atom stereocenters. The van der Waals surface area contributed by atoms with E-state index in [9.17, 15) is 22.8 Å². The van der Waals surface area contributed by atoms with Gasteiger partial charge in [-0.3, -0.25) is 9.59 Å². The molecule has 0 radical (unpaired) electrons. The normalized spacial score (nSPS) is 18.9. The second kappa shape index (κ2) is 8.90. The van der Waals surface area contributed by atoms with Crippen LogP contribution in [0.3, 0.4) is 0 Å². The van der Waals surface area contributed by atoms with Gasteiger partial charge in [0, 0.05) is 36.8 Å². The zero-order valence-electron chi connectivity index (χ0n) is 16.1. The Morgan fingerprint density at radius 3 is 2.52 bits per heavy atom. The molecule has 8 heteroatoms. The zero-order chi connectivity index (χ0) is 21.1. The van der Waals surface area contributed by atoms with Gasteiger partial charge in [0.05, 0.1) is 5.25 Å². The summed E-state index contributed by atoms with van der Waals surface area (Å²) in [4.78, 5) is 28.3. The van der Waals surface area contributed by atoms with Crippen LogP contribution in [0.15, 0.2) is 42.5 Å². The van der Waals surface area contributed by atoms with E-state index in [0.717, 1.165) is 12.1 Å². The summed E-state index contributed by atoms with van der Waals surface area (Å²) < 4.78 is 41.0. The van der Waals surface area contributed by atoms with Crippen molar-refractivity contribution >= 4 is 23.6 Å². The molecule has 0 saturated carbocycles. The quantitative estimate of drug-likeness (QED) is 0.700. The third-order valence-corrected chi connectivity index (χ3v) is 6.20. The summed E-state index contributed by atoms with van der Waals surface area (Å²) >= 11 is 1.28. The van der Waals surface area contributed by atoms with Crippen LogP contribution in [0.5, 0.6) is 0 Å². The van der Waals surface area contributed by atoms with Crippen molar-refractivity contribution in [3.05, 3.63) is 71.0 Å². The molecule has 2 amide bonds. The maximum absolute atomic E-state index is 14.3. The predicted molar refractivity (Wildman–Crippen MR) is 106 cm³/mol. The van der Waals surface area contributed by atoms with Crippen molar-refractivity contribution < 1.29 is 22.8 Å². The first-order valence-corrected chi connectivity index (χ1v) is 10.2. The van der Waals surface area contributed by atoms with Crippen molar-refractivity contribution in [3.8, 4) is 0 Å². The summed E-state index contributed by atoms with van der Waals surface area (Å²) in [6.45, 7) is 4.29. The lowest BCUT2D eigenvalue weighted by atomic mass is 10.1. The number of hydrogen-bond donors (Lipinski definition) is 0. The van der Waals surface area contributed by atoms with Crippen LogP contribution in [-0.4, -0.2) is 46.5 Å². The summed E-state index contributed by atoms with van der Waals surface area (Å²) in [5.74, 6) is -2.41. The van der Waals surface area contributed by atoms with E-state index < -0.39 is 22.8 Å². The molecule has 1 saturated heterocycles. The summed E-state index contributed by atoms with van der Waals surface area (Å²) in [6.07, 6.45) is 0. The third-order valence-electron chi connectivity index (χ3n) is 4.83. The Balaban J connectivity index is 1.77. The number of hydrogen-bond acceptors (Lipinski definition) is 3. The monoisotopic (exact) mass is 422 g/mol. The van der Waals surface area contributed by atoms with Crippen LogP contribution in [0.2, 0.25) is 0 Å². The maximum atomic E-state index is 14.3. The number of rotatable bonds is 6. The molecule has 2 aromatic carbocycles. The summed E-state index contributed by atoms with van der Waals surface area (Å²) in [7, 11) is 0. The number of benzene rings is 2. The fourth-order valence-corrected chi connectivity index (χ4v) is 4.61. The van der Waals surface area contributed by atoms with Gasteiger partial charge in [0.1, 0.15) is 22.8 Å². The van der Waals surface area contributed by atoms with Crippen LogP contribution in [0.4, 0.5) is 13.2 Å². The van der Waals surface area contributed by atoms with Gasteiger partial charge < -0.3 is 9.80 Å². The number of thioether (sulfide) groups is 1. The molecule has 0 aliphatic carbocycles. The van der Waals surface area contributed by atoms with Gasteiger partial charge in [-0.25, -0.2) is 13.2 Å². The maximum Gasteiger partial charge on any atom is 0.254 e. The highest BCUT2D eigenvalue weighted by Crippen LogP contribution is 2.43. The molecule has 3 rings (SSSR count). The minimum Gasteiger partial charge on any atom is -0.337 e. The van der Waals surface area contributed by atoms with E-state index in [-0.39, 0.29) is 41.3 Å². The number of carbonyl (C=O) groups excluding carboxylic acids is 2. The van der Waals surface area contributed by atoms with Gasteiger partial charge in [0.2, 0.25) is 5.91 Å². The van der Waals surface area contributed by atoms with E-state index in [2.05, 4.69) is 0 Å². The molecule has 1 heterocycles. The summed E-state index contributed by atoms with van der Waals surface area (Å²) in [5.41, 5.74) is 0.456. The van der Waals surface area contributed by atoms with E-state index in [1.807, 2.05) is 0 Å². The van der Waals surface area contributed by atoms with Crippen LogP contribution in [0.25, 0.3) is 0 Å². The van der Waals surface area contributed by atoms with Gasteiger partial charge >= 0.3 is 0 Å². The van der Waals surface area contributed by atoms with E-state index >= 15 is 0 Å². The van der Waals surface area contributed by atoms with Gasteiger partial charge in [-0.1, -0.05) is 12.1 Å². The lowest BCUT2D eigenvalue weighted by molar-refractivity contribution is -0.130. The number of carbonyl (C=O) groups is 2. The van der Waals surface area contributed by atoms with Crippen molar-refractivity contribution in [2.24, 2.45) is 0 Å². The van der Waals surface area contributed by atoms with E-state index in [1.54, 1.807) is 13.8 Å². The average molecular weight is 422 g/mol. The highest BCUT2D eigenvalue weighted by molar-refractivity contribution is 8.01. The third kappa shape index (κ3) is 4.58. The Morgan fingerprint density at radius 2 is 1.86 bits per heavy atom. The Morgan fingerprint density at radius 1 is 1.14 bits per heavy atom. The van der Waals surface area contributed by atoms with Crippen LogP contribution in [-0.2, 0) is 4.79 Å². The van der Waals surface area contributed by atoms with Crippen molar-refractivity contribution in [3.63, 3.8) is 0 Å². The van der Waals surface area contributed by atoms with Crippen LogP contribution >= 0.6 is 11.8 Å². The molecule has 0 bridgehead atoms. The molecule has 0 aromatic heterocycles. The van der Waals surface area contributed by atoms with Gasteiger partial charge in [-0.15, -0.1) is 11.8 Å². The van der Waals surface area contributed by atoms with Crippen molar-refractivity contribution in [2.75, 3.05) is 19.6 Å². The lowest BCUT2D eigenvalue weighted by Crippen LogP contribution is -2.40. The molecule has 154 valence electrons. The Kier molecular flexibility index (Phi) is 6.52. The van der Waals surface area contributed by atoms with Gasteiger partial charge in [0.15, 0.2) is 0 Å². The zero-order valence-corrected chi connectivity index (χ0v) is 16.9. The van der Waals surface area contributed by atoms with Gasteiger partial charge in [0.25, 0.3) is 5.91 Å². The minimum absolute atomic E-state index is 0.169. The Hall–Kier alpha value is -2.48. The number of likely N-dealkylation sites (N-methyl/N-ethyl adjacent to an activating group) is 1. The second-order valence-corrected chi connectivity index (χ2v) is 8.15. The van der Waals surface area contributed by atoms with Crippen LogP contribution < -0.4 is 0 Å². The largest absolute Gasteiger partial charge is 0.337 e. The molecular weight excluding hydrogens is 401 g/mol.